The van der Waals surface area contributed by atoms with Crippen LogP contribution in [-0.2, 0) is 16.0 Å². The fourth-order valence-electron chi connectivity index (χ4n) is 2.94. The molecule has 0 saturated heterocycles. The number of nitro groups is 1. The zero-order valence-electron chi connectivity index (χ0n) is 21.7. The molecule has 0 radical (unpaired) electrons. The highest BCUT2D eigenvalue weighted by molar-refractivity contribution is 5.85. The lowest BCUT2D eigenvalue weighted by molar-refractivity contribution is -0.385. The Labute approximate surface area is 214 Å². The first-order chi connectivity index (χ1) is 17.1. The molecule has 0 aliphatic carbocycles. The number of nitrogens with one attached hydrogen (secondary N) is 1. The summed E-state index contributed by atoms with van der Waals surface area (Å²) in [4.78, 5) is 41.0. The molecular formula is C24H32FN5O7. The van der Waals surface area contributed by atoms with Crippen LogP contribution in [0, 0.1) is 15.9 Å². The van der Waals surface area contributed by atoms with Crippen molar-refractivity contribution in [2.45, 2.75) is 59.3 Å². The van der Waals surface area contributed by atoms with E-state index in [1.165, 1.54) is 17.2 Å². The summed E-state index contributed by atoms with van der Waals surface area (Å²) >= 11 is 0. The first kappa shape index (κ1) is 29.2. The Balaban J connectivity index is 2.51. The predicted molar refractivity (Wildman–Crippen MR) is 133 cm³/mol. The maximum Gasteiger partial charge on any atom is 0.413 e. The van der Waals surface area contributed by atoms with E-state index in [9.17, 15) is 24.1 Å². The lowest BCUT2D eigenvalue weighted by atomic mass is 10.2. The molecular weight excluding hydrogens is 489 g/mol. The summed E-state index contributed by atoms with van der Waals surface area (Å²) in [6.45, 7) is 10.2. The van der Waals surface area contributed by atoms with E-state index < -0.39 is 39.8 Å². The number of pyridine rings is 1. The average Bonchev–Trinajstić information content (AvgIpc) is 2.73. The van der Waals surface area contributed by atoms with E-state index in [1.807, 2.05) is 0 Å². The maximum absolute atomic E-state index is 14.6. The van der Waals surface area contributed by atoms with Crippen molar-refractivity contribution < 1.29 is 33.1 Å². The van der Waals surface area contributed by atoms with Gasteiger partial charge < -0.3 is 24.8 Å². The molecule has 0 saturated carbocycles. The van der Waals surface area contributed by atoms with Gasteiger partial charge in [-0.2, -0.15) is 0 Å². The van der Waals surface area contributed by atoms with Crippen molar-refractivity contribution in [1.29, 1.82) is 0 Å². The van der Waals surface area contributed by atoms with E-state index in [0.717, 1.165) is 18.2 Å². The van der Waals surface area contributed by atoms with Crippen LogP contribution in [0.3, 0.4) is 0 Å². The largest absolute Gasteiger partial charge is 0.454 e. The number of nitrogens with two attached hydrogens (primary N) is 1. The molecule has 2 amide bonds. The third kappa shape index (κ3) is 9.18. The third-order valence-electron chi connectivity index (χ3n) is 4.38. The van der Waals surface area contributed by atoms with Gasteiger partial charge in [0.05, 0.1) is 23.1 Å². The number of amides is 2. The molecule has 1 heterocycles. The summed E-state index contributed by atoms with van der Waals surface area (Å²) in [6.07, 6.45) is -0.199. The summed E-state index contributed by atoms with van der Waals surface area (Å²) in [7, 11) is 0. The minimum atomic E-state index is -0.982. The molecule has 0 aliphatic rings. The van der Waals surface area contributed by atoms with Crippen LogP contribution < -0.4 is 15.8 Å². The Bertz CT molecular complexity index is 1150. The number of rotatable bonds is 8. The van der Waals surface area contributed by atoms with E-state index >= 15 is 0 Å². The number of anilines is 1. The molecule has 0 aliphatic heterocycles. The number of carbonyl (C=O) groups excluding carboxylic acids is 2. The first-order valence-electron chi connectivity index (χ1n) is 11.4. The number of hydrogen-bond acceptors (Lipinski definition) is 9. The van der Waals surface area contributed by atoms with Crippen molar-refractivity contribution >= 4 is 23.7 Å². The van der Waals surface area contributed by atoms with Gasteiger partial charge in [-0.15, -0.1) is 0 Å². The van der Waals surface area contributed by atoms with Crippen LogP contribution in [0.5, 0.6) is 11.5 Å². The fraction of sp³-hybridized carbons (Fsp3) is 0.458. The zero-order chi connectivity index (χ0) is 28.0. The van der Waals surface area contributed by atoms with Crippen LogP contribution in [-0.4, -0.2) is 51.3 Å². The van der Waals surface area contributed by atoms with Gasteiger partial charge in [0.1, 0.15) is 22.8 Å². The van der Waals surface area contributed by atoms with Crippen LogP contribution in [0.25, 0.3) is 0 Å². The van der Waals surface area contributed by atoms with E-state index in [4.69, 9.17) is 19.9 Å². The average molecular weight is 522 g/mol. The molecule has 0 spiro atoms. The minimum Gasteiger partial charge on any atom is -0.454 e. The molecule has 0 unspecified atom stereocenters. The Morgan fingerprint density at radius 1 is 1.11 bits per heavy atom. The highest BCUT2D eigenvalue weighted by Gasteiger charge is 2.26. The lowest BCUT2D eigenvalue weighted by Gasteiger charge is -2.28. The molecule has 0 bridgehead atoms. The second-order valence-corrected chi connectivity index (χ2v) is 9.93. The smallest absolute Gasteiger partial charge is 0.413 e. The summed E-state index contributed by atoms with van der Waals surface area (Å²) < 4.78 is 31.1. The number of nitrogens with zero attached hydrogens (tertiary/aromatic N) is 3. The molecule has 0 fully saturated rings. The number of carbonyl (C=O) groups is 2. The van der Waals surface area contributed by atoms with Crippen LogP contribution in [0.15, 0.2) is 30.5 Å². The lowest BCUT2D eigenvalue weighted by Crippen LogP contribution is -2.39. The van der Waals surface area contributed by atoms with Gasteiger partial charge in [0.15, 0.2) is 11.6 Å². The quantitative estimate of drug-likeness (QED) is 0.361. The van der Waals surface area contributed by atoms with Gasteiger partial charge in [-0.3, -0.25) is 15.4 Å². The van der Waals surface area contributed by atoms with Gasteiger partial charge in [0.25, 0.3) is 5.69 Å². The third-order valence-corrected chi connectivity index (χ3v) is 4.38. The maximum atomic E-state index is 14.6. The number of benzene rings is 1. The second-order valence-electron chi connectivity index (χ2n) is 9.93. The molecule has 1 aromatic heterocycles. The molecule has 202 valence electrons. The molecule has 2 aromatic rings. The monoisotopic (exact) mass is 521 g/mol. The fourth-order valence-corrected chi connectivity index (χ4v) is 2.94. The molecule has 37 heavy (non-hydrogen) atoms. The molecule has 0 atom stereocenters. The van der Waals surface area contributed by atoms with E-state index in [2.05, 4.69) is 10.3 Å². The van der Waals surface area contributed by atoms with E-state index in [1.54, 1.807) is 41.5 Å². The van der Waals surface area contributed by atoms with Gasteiger partial charge in [-0.05, 0) is 53.7 Å². The predicted octanol–water partition coefficient (Wildman–Crippen LogP) is 4.96. The number of ether oxygens (including phenoxy) is 3. The molecule has 13 heteroatoms. The molecule has 3 N–H and O–H groups in total. The van der Waals surface area contributed by atoms with E-state index in [-0.39, 0.29) is 42.5 Å². The van der Waals surface area contributed by atoms with Gasteiger partial charge in [-0.25, -0.2) is 19.0 Å². The van der Waals surface area contributed by atoms with Crippen molar-refractivity contribution in [3.05, 3.63) is 52.0 Å². The number of hydrogen-bond donors (Lipinski definition) is 2. The summed E-state index contributed by atoms with van der Waals surface area (Å²) in [5.41, 5.74) is 3.84. The molecule has 12 nitrogen and oxygen atoms in total. The zero-order valence-corrected chi connectivity index (χ0v) is 21.7. The van der Waals surface area contributed by atoms with Crippen molar-refractivity contribution in [1.82, 2.24) is 9.88 Å². The van der Waals surface area contributed by atoms with Crippen LogP contribution in [0.4, 0.5) is 25.5 Å². The summed E-state index contributed by atoms with van der Waals surface area (Å²) in [6, 6.07) is 4.30. The van der Waals surface area contributed by atoms with Crippen LogP contribution in [0.2, 0.25) is 0 Å². The minimum absolute atomic E-state index is 0.0142. The van der Waals surface area contributed by atoms with Gasteiger partial charge >= 0.3 is 12.2 Å². The van der Waals surface area contributed by atoms with Crippen LogP contribution >= 0.6 is 0 Å². The van der Waals surface area contributed by atoms with Crippen molar-refractivity contribution in [2.75, 3.05) is 18.4 Å². The number of halogens is 1. The topological polar surface area (TPSA) is 159 Å². The second kappa shape index (κ2) is 11.8. The van der Waals surface area contributed by atoms with Crippen molar-refractivity contribution in [3.63, 3.8) is 0 Å². The normalized spacial score (nSPS) is 11.5. The number of nitro benzene ring substituents is 1. The Kier molecular flexibility index (Phi) is 9.34. The highest BCUT2D eigenvalue weighted by atomic mass is 19.1. The van der Waals surface area contributed by atoms with Crippen molar-refractivity contribution in [2.24, 2.45) is 5.73 Å². The van der Waals surface area contributed by atoms with Gasteiger partial charge in [-0.1, -0.05) is 0 Å². The SMILES string of the molecule is CC(C)(C)OC(=O)Nc1nccc(Oc2ccc([N+](=O)[O-])cc2F)c1CN(CCN)C(=O)OC(C)(C)C. The molecule has 2 rings (SSSR count). The van der Waals surface area contributed by atoms with Gasteiger partial charge in [0.2, 0.25) is 0 Å². The Hall–Kier alpha value is -4.00. The summed E-state index contributed by atoms with van der Waals surface area (Å²) in [5.74, 6) is -1.28. The summed E-state index contributed by atoms with van der Waals surface area (Å²) in [5, 5.41) is 13.5. The molecule has 1 aromatic carbocycles. The van der Waals surface area contributed by atoms with Crippen LogP contribution in [0.1, 0.15) is 47.1 Å². The van der Waals surface area contributed by atoms with E-state index in [0.29, 0.717) is 0 Å². The highest BCUT2D eigenvalue weighted by Crippen LogP contribution is 2.33. The Morgan fingerprint density at radius 2 is 1.76 bits per heavy atom. The number of non-ortho nitro benzene ring substituents is 1. The van der Waals surface area contributed by atoms with Crippen molar-refractivity contribution in [3.8, 4) is 11.5 Å². The standard InChI is InChI=1S/C24H32FN5O7/c1-23(2,3)36-21(31)28-20-16(14-29(12-10-26)22(32)37-24(4,5)6)18(9-11-27-20)35-19-8-7-15(30(33)34)13-17(19)25/h7-9,11,13H,10,12,14,26H2,1-6H3,(H,27,28,31). The number of aromatic nitrogens is 1. The van der Waals surface area contributed by atoms with Gasteiger partial charge in [0, 0.05) is 25.4 Å². The Morgan fingerprint density at radius 3 is 2.30 bits per heavy atom. The first-order valence-corrected chi connectivity index (χ1v) is 11.4.